The monoisotopic (exact) mass is 274 g/mol. The van der Waals surface area contributed by atoms with E-state index in [2.05, 4.69) is 12.2 Å². The van der Waals surface area contributed by atoms with Crippen LogP contribution < -0.4 is 5.32 Å². The summed E-state index contributed by atoms with van der Waals surface area (Å²) in [5.41, 5.74) is 0.838. The molecule has 1 atom stereocenters. The molecule has 1 N–H and O–H groups in total. The Morgan fingerprint density at radius 3 is 3.00 bits per heavy atom. The fraction of sp³-hybridized carbons (Fsp3) is 0.583. The van der Waals surface area contributed by atoms with Crippen LogP contribution in [0.1, 0.15) is 30.1 Å². The lowest BCUT2D eigenvalue weighted by Gasteiger charge is -2.27. The highest BCUT2D eigenvalue weighted by Gasteiger charge is 2.26. The number of nitrogens with one attached hydrogen (secondary N) is 1. The molecule has 17 heavy (non-hydrogen) atoms. The summed E-state index contributed by atoms with van der Waals surface area (Å²) in [6, 6.07) is 2.30. The number of carbonyl (C=O) groups is 1. The lowest BCUT2D eigenvalue weighted by molar-refractivity contribution is 0.0693. The van der Waals surface area contributed by atoms with E-state index in [4.69, 9.17) is 0 Å². The number of thiophene rings is 1. The summed E-state index contributed by atoms with van der Waals surface area (Å²) in [5.74, 6) is 0.191. The van der Waals surface area contributed by atoms with Crippen molar-refractivity contribution in [3.05, 3.63) is 22.4 Å². The van der Waals surface area contributed by atoms with E-state index in [0.29, 0.717) is 6.04 Å². The first kappa shape index (κ1) is 14.5. The fourth-order valence-electron chi connectivity index (χ4n) is 2.15. The smallest absolute Gasteiger partial charge is 0.254 e. The molecular formula is C12H19ClN2OS. The number of halogens is 1. The second-order valence-corrected chi connectivity index (χ2v) is 4.94. The number of nitrogens with zero attached hydrogens (tertiary/aromatic N) is 1. The second kappa shape index (κ2) is 6.99. The molecule has 2 rings (SSSR count). The first-order chi connectivity index (χ1) is 7.83. The summed E-state index contributed by atoms with van der Waals surface area (Å²) in [7, 11) is 0. The lowest BCUT2D eigenvalue weighted by atomic mass is 10.1. The van der Waals surface area contributed by atoms with Gasteiger partial charge in [-0.25, -0.2) is 0 Å². The molecule has 2 heterocycles. The summed E-state index contributed by atoms with van der Waals surface area (Å²) >= 11 is 1.58. The predicted molar refractivity (Wildman–Crippen MR) is 74.2 cm³/mol. The standard InChI is InChI=1S/C12H18N2OS.ClH/c1-2-6-14(11-3-5-13-8-11)12(15)10-4-7-16-9-10;/h4,7,9,11,13H,2-3,5-6,8H2,1H3;1H. The molecule has 1 fully saturated rings. The van der Waals surface area contributed by atoms with Crippen molar-refractivity contribution in [2.24, 2.45) is 0 Å². The molecule has 1 saturated heterocycles. The highest BCUT2D eigenvalue weighted by Crippen LogP contribution is 2.15. The van der Waals surface area contributed by atoms with Crippen molar-refractivity contribution < 1.29 is 4.79 Å². The maximum atomic E-state index is 12.3. The largest absolute Gasteiger partial charge is 0.334 e. The molecule has 0 saturated carbocycles. The zero-order valence-corrected chi connectivity index (χ0v) is 11.6. The van der Waals surface area contributed by atoms with E-state index in [1.165, 1.54) is 0 Å². The van der Waals surface area contributed by atoms with Crippen LogP contribution in [0.5, 0.6) is 0 Å². The Labute approximate surface area is 113 Å². The van der Waals surface area contributed by atoms with Crippen LogP contribution in [0, 0.1) is 0 Å². The van der Waals surface area contributed by atoms with Gasteiger partial charge in [0.25, 0.3) is 5.91 Å². The molecule has 1 aromatic rings. The van der Waals surface area contributed by atoms with Gasteiger partial charge in [-0.3, -0.25) is 4.79 Å². The summed E-state index contributed by atoms with van der Waals surface area (Å²) < 4.78 is 0. The minimum Gasteiger partial charge on any atom is -0.334 e. The number of carbonyl (C=O) groups excluding carboxylic acids is 1. The maximum absolute atomic E-state index is 12.3. The highest BCUT2D eigenvalue weighted by molar-refractivity contribution is 7.08. The van der Waals surface area contributed by atoms with Gasteiger partial charge in [-0.2, -0.15) is 11.3 Å². The maximum Gasteiger partial charge on any atom is 0.254 e. The van der Waals surface area contributed by atoms with Crippen molar-refractivity contribution >= 4 is 29.7 Å². The molecule has 1 aromatic heterocycles. The van der Waals surface area contributed by atoms with Gasteiger partial charge in [-0.1, -0.05) is 6.92 Å². The zero-order valence-electron chi connectivity index (χ0n) is 10.0. The number of hydrogen-bond donors (Lipinski definition) is 1. The van der Waals surface area contributed by atoms with Crippen molar-refractivity contribution in [3.8, 4) is 0 Å². The summed E-state index contributed by atoms with van der Waals surface area (Å²) in [6.45, 7) is 4.95. The molecular weight excluding hydrogens is 256 g/mol. The zero-order chi connectivity index (χ0) is 11.4. The SMILES string of the molecule is CCCN(C(=O)c1ccsc1)C1CCNC1.Cl. The molecule has 1 aliphatic heterocycles. The Hall–Kier alpha value is -0.580. The molecule has 0 aliphatic carbocycles. The molecule has 1 aliphatic rings. The van der Waals surface area contributed by atoms with Crippen molar-refractivity contribution in [3.63, 3.8) is 0 Å². The minimum atomic E-state index is 0. The van der Waals surface area contributed by atoms with Crippen LogP contribution in [0.25, 0.3) is 0 Å². The van der Waals surface area contributed by atoms with E-state index in [1.54, 1.807) is 11.3 Å². The number of amides is 1. The van der Waals surface area contributed by atoms with Crippen LogP contribution in [0.3, 0.4) is 0 Å². The van der Waals surface area contributed by atoms with Crippen LogP contribution in [-0.2, 0) is 0 Å². The van der Waals surface area contributed by atoms with Gasteiger partial charge in [0, 0.05) is 24.5 Å². The molecule has 5 heteroatoms. The molecule has 0 bridgehead atoms. The van der Waals surface area contributed by atoms with Gasteiger partial charge < -0.3 is 10.2 Å². The van der Waals surface area contributed by atoms with E-state index in [9.17, 15) is 4.79 Å². The van der Waals surface area contributed by atoms with E-state index in [1.807, 2.05) is 21.7 Å². The topological polar surface area (TPSA) is 32.3 Å². The van der Waals surface area contributed by atoms with E-state index < -0.39 is 0 Å². The van der Waals surface area contributed by atoms with Crippen LogP contribution in [0.4, 0.5) is 0 Å². The summed E-state index contributed by atoms with van der Waals surface area (Å²) in [6.07, 6.45) is 2.10. The Kier molecular flexibility index (Phi) is 5.95. The fourth-order valence-corrected chi connectivity index (χ4v) is 2.78. The molecule has 96 valence electrons. The van der Waals surface area contributed by atoms with Crippen molar-refractivity contribution in [2.75, 3.05) is 19.6 Å². The van der Waals surface area contributed by atoms with Crippen LogP contribution in [0.15, 0.2) is 16.8 Å². The van der Waals surface area contributed by atoms with Crippen molar-refractivity contribution in [1.29, 1.82) is 0 Å². The van der Waals surface area contributed by atoms with Gasteiger partial charge in [-0.05, 0) is 30.8 Å². The summed E-state index contributed by atoms with van der Waals surface area (Å²) in [4.78, 5) is 14.3. The molecule has 0 spiro atoms. The second-order valence-electron chi connectivity index (χ2n) is 4.16. The van der Waals surface area contributed by atoms with E-state index in [-0.39, 0.29) is 18.3 Å². The first-order valence-corrected chi connectivity index (χ1v) is 6.81. The van der Waals surface area contributed by atoms with Gasteiger partial charge >= 0.3 is 0 Å². The van der Waals surface area contributed by atoms with Crippen LogP contribution in [0.2, 0.25) is 0 Å². The Morgan fingerprint density at radius 2 is 2.47 bits per heavy atom. The molecule has 3 nitrogen and oxygen atoms in total. The number of rotatable bonds is 4. The van der Waals surface area contributed by atoms with Crippen molar-refractivity contribution in [2.45, 2.75) is 25.8 Å². The van der Waals surface area contributed by atoms with Crippen LogP contribution in [-0.4, -0.2) is 36.5 Å². The van der Waals surface area contributed by atoms with E-state index >= 15 is 0 Å². The first-order valence-electron chi connectivity index (χ1n) is 5.86. The van der Waals surface area contributed by atoms with Gasteiger partial charge in [0.15, 0.2) is 0 Å². The molecule has 1 unspecified atom stereocenters. The highest BCUT2D eigenvalue weighted by atomic mass is 35.5. The molecule has 1 amide bonds. The Balaban J connectivity index is 0.00000144. The van der Waals surface area contributed by atoms with Crippen LogP contribution >= 0.6 is 23.7 Å². The number of hydrogen-bond acceptors (Lipinski definition) is 3. The average molecular weight is 275 g/mol. The predicted octanol–water partition coefficient (Wildman–Crippen LogP) is 2.38. The van der Waals surface area contributed by atoms with E-state index in [0.717, 1.165) is 38.0 Å². The average Bonchev–Trinajstić information content (AvgIpc) is 2.96. The Bertz CT molecular complexity index is 336. The third-order valence-electron chi connectivity index (χ3n) is 2.97. The minimum absolute atomic E-state index is 0. The normalized spacial score (nSPS) is 18.8. The van der Waals surface area contributed by atoms with Gasteiger partial charge in [-0.15, -0.1) is 12.4 Å². The quantitative estimate of drug-likeness (QED) is 0.914. The van der Waals surface area contributed by atoms with Gasteiger partial charge in [0.2, 0.25) is 0 Å². The molecule has 0 aromatic carbocycles. The van der Waals surface area contributed by atoms with Gasteiger partial charge in [0.1, 0.15) is 0 Å². The third kappa shape index (κ3) is 3.44. The molecule has 0 radical (unpaired) electrons. The Morgan fingerprint density at radius 1 is 1.65 bits per heavy atom. The summed E-state index contributed by atoms with van der Waals surface area (Å²) in [5, 5.41) is 7.22. The van der Waals surface area contributed by atoms with Gasteiger partial charge in [0.05, 0.1) is 5.56 Å². The lowest BCUT2D eigenvalue weighted by Crippen LogP contribution is -2.41. The third-order valence-corrected chi connectivity index (χ3v) is 3.65. The van der Waals surface area contributed by atoms with Crippen molar-refractivity contribution in [1.82, 2.24) is 10.2 Å².